The Hall–Kier alpha value is -3.80. The van der Waals surface area contributed by atoms with Crippen LogP contribution >= 0.6 is 0 Å². The summed E-state index contributed by atoms with van der Waals surface area (Å²) in [6.07, 6.45) is 6.95. The van der Waals surface area contributed by atoms with Crippen LogP contribution in [-0.2, 0) is 0 Å². The van der Waals surface area contributed by atoms with E-state index in [0.29, 0.717) is 0 Å². The van der Waals surface area contributed by atoms with Crippen LogP contribution in [-0.4, -0.2) is 9.97 Å². The number of hydrogen-bond donors (Lipinski definition) is 0. The fraction of sp³-hybridized carbons (Fsp3) is 0.0435. The highest BCUT2D eigenvalue weighted by Crippen LogP contribution is 2.09. The van der Waals surface area contributed by atoms with Gasteiger partial charge in [-0.05, 0) is 49.4 Å². The average Bonchev–Trinajstić information content (AvgIpc) is 2.67. The molecule has 3 rings (SSSR count). The predicted molar refractivity (Wildman–Crippen MR) is 99.4 cm³/mol. The van der Waals surface area contributed by atoms with Crippen molar-refractivity contribution in [2.45, 2.75) is 6.92 Å². The molecule has 0 amide bonds. The maximum atomic E-state index is 4.07. The summed E-state index contributed by atoms with van der Waals surface area (Å²) in [7, 11) is 0. The molecule has 0 bridgehead atoms. The SMILES string of the molecule is CC#Cc1cc(C#Cc2cccnc2)cc(C#Cc2cccnc2)c1. The van der Waals surface area contributed by atoms with E-state index in [9.17, 15) is 0 Å². The van der Waals surface area contributed by atoms with Crippen LogP contribution in [0.3, 0.4) is 0 Å². The third-order valence-electron chi connectivity index (χ3n) is 3.23. The van der Waals surface area contributed by atoms with E-state index in [1.807, 2.05) is 49.4 Å². The van der Waals surface area contributed by atoms with Gasteiger partial charge in [-0.1, -0.05) is 29.6 Å². The lowest BCUT2D eigenvalue weighted by Crippen LogP contribution is -1.85. The molecule has 0 saturated carbocycles. The summed E-state index contributed by atoms with van der Waals surface area (Å²) in [5.74, 6) is 18.5. The Labute approximate surface area is 148 Å². The van der Waals surface area contributed by atoms with Crippen LogP contribution in [0, 0.1) is 35.5 Å². The molecule has 1 aromatic carbocycles. The molecular formula is C23H14N2. The van der Waals surface area contributed by atoms with Crippen molar-refractivity contribution in [1.82, 2.24) is 9.97 Å². The van der Waals surface area contributed by atoms with Crippen molar-refractivity contribution in [3.63, 3.8) is 0 Å². The third kappa shape index (κ3) is 4.84. The molecule has 116 valence electrons. The topological polar surface area (TPSA) is 25.8 Å². The molecular weight excluding hydrogens is 304 g/mol. The summed E-state index contributed by atoms with van der Waals surface area (Å²) in [5.41, 5.74) is 4.39. The Balaban J connectivity index is 1.97. The highest BCUT2D eigenvalue weighted by molar-refractivity contribution is 5.53. The van der Waals surface area contributed by atoms with Crippen LogP contribution in [0.2, 0.25) is 0 Å². The van der Waals surface area contributed by atoms with Gasteiger partial charge < -0.3 is 0 Å². The fourth-order valence-corrected chi connectivity index (χ4v) is 2.15. The fourth-order valence-electron chi connectivity index (χ4n) is 2.15. The zero-order chi connectivity index (χ0) is 17.3. The first kappa shape index (κ1) is 16.1. The molecule has 2 heterocycles. The highest BCUT2D eigenvalue weighted by Gasteiger charge is 1.97. The van der Waals surface area contributed by atoms with E-state index in [1.165, 1.54) is 0 Å². The van der Waals surface area contributed by atoms with Crippen molar-refractivity contribution in [1.29, 1.82) is 0 Å². The van der Waals surface area contributed by atoms with Gasteiger partial charge in [0.25, 0.3) is 0 Å². The molecule has 2 heteroatoms. The normalized spacial score (nSPS) is 8.84. The van der Waals surface area contributed by atoms with Crippen molar-refractivity contribution in [3.05, 3.63) is 95.1 Å². The van der Waals surface area contributed by atoms with Gasteiger partial charge >= 0.3 is 0 Å². The zero-order valence-electron chi connectivity index (χ0n) is 13.7. The number of hydrogen-bond acceptors (Lipinski definition) is 2. The zero-order valence-corrected chi connectivity index (χ0v) is 13.7. The van der Waals surface area contributed by atoms with E-state index >= 15 is 0 Å². The number of rotatable bonds is 0. The lowest BCUT2D eigenvalue weighted by molar-refractivity contribution is 1.31. The van der Waals surface area contributed by atoms with Gasteiger partial charge in [-0.15, -0.1) is 5.92 Å². The molecule has 0 aliphatic heterocycles. The molecule has 0 aliphatic rings. The molecule has 0 spiro atoms. The lowest BCUT2D eigenvalue weighted by atomic mass is 10.1. The van der Waals surface area contributed by atoms with Gasteiger partial charge in [-0.25, -0.2) is 0 Å². The minimum absolute atomic E-state index is 0.873. The van der Waals surface area contributed by atoms with E-state index < -0.39 is 0 Å². The van der Waals surface area contributed by atoms with Gasteiger partial charge in [0.2, 0.25) is 0 Å². The summed E-state index contributed by atoms with van der Waals surface area (Å²) < 4.78 is 0. The minimum atomic E-state index is 0.873. The van der Waals surface area contributed by atoms with Crippen LogP contribution in [0.15, 0.2) is 67.3 Å². The number of nitrogens with zero attached hydrogens (tertiary/aromatic N) is 2. The Kier molecular flexibility index (Phi) is 5.25. The van der Waals surface area contributed by atoms with Crippen LogP contribution in [0.1, 0.15) is 34.7 Å². The highest BCUT2D eigenvalue weighted by atomic mass is 14.6. The Morgan fingerprint density at radius 1 is 0.600 bits per heavy atom. The Morgan fingerprint density at radius 3 is 1.44 bits per heavy atom. The number of pyridine rings is 2. The number of benzene rings is 1. The predicted octanol–water partition coefficient (Wildman–Crippen LogP) is 3.65. The van der Waals surface area contributed by atoms with E-state index in [4.69, 9.17) is 0 Å². The van der Waals surface area contributed by atoms with E-state index in [-0.39, 0.29) is 0 Å². The van der Waals surface area contributed by atoms with Crippen molar-refractivity contribution in [2.75, 3.05) is 0 Å². The second-order valence-corrected chi connectivity index (χ2v) is 5.16. The molecule has 0 fully saturated rings. The first-order chi connectivity index (χ1) is 12.3. The first-order valence-corrected chi connectivity index (χ1v) is 7.75. The van der Waals surface area contributed by atoms with E-state index in [2.05, 4.69) is 45.5 Å². The summed E-state index contributed by atoms with van der Waals surface area (Å²) in [6, 6.07) is 13.5. The van der Waals surface area contributed by atoms with Gasteiger partial charge in [0, 0.05) is 52.6 Å². The summed E-state index contributed by atoms with van der Waals surface area (Å²) >= 11 is 0. The maximum Gasteiger partial charge on any atom is 0.0432 e. The molecule has 25 heavy (non-hydrogen) atoms. The second kappa shape index (κ2) is 8.16. The lowest BCUT2D eigenvalue weighted by Gasteiger charge is -1.97. The van der Waals surface area contributed by atoms with E-state index in [0.717, 1.165) is 27.8 Å². The van der Waals surface area contributed by atoms with Crippen LogP contribution in [0.5, 0.6) is 0 Å². The molecule has 0 radical (unpaired) electrons. The van der Waals surface area contributed by atoms with Crippen LogP contribution < -0.4 is 0 Å². The Bertz CT molecular complexity index is 973. The first-order valence-electron chi connectivity index (χ1n) is 7.75. The van der Waals surface area contributed by atoms with Crippen molar-refractivity contribution >= 4 is 0 Å². The Morgan fingerprint density at radius 2 is 1.04 bits per heavy atom. The van der Waals surface area contributed by atoms with Crippen LogP contribution in [0.4, 0.5) is 0 Å². The summed E-state index contributed by atoms with van der Waals surface area (Å²) in [4.78, 5) is 8.14. The molecule has 0 saturated heterocycles. The monoisotopic (exact) mass is 318 g/mol. The number of aromatic nitrogens is 2. The third-order valence-corrected chi connectivity index (χ3v) is 3.23. The molecule has 2 nitrogen and oxygen atoms in total. The van der Waals surface area contributed by atoms with E-state index in [1.54, 1.807) is 24.8 Å². The average molecular weight is 318 g/mol. The maximum absolute atomic E-state index is 4.07. The summed E-state index contributed by atoms with van der Waals surface area (Å²) in [5, 5.41) is 0. The molecule has 0 aliphatic carbocycles. The van der Waals surface area contributed by atoms with Gasteiger partial charge in [0.1, 0.15) is 0 Å². The second-order valence-electron chi connectivity index (χ2n) is 5.16. The molecule has 0 unspecified atom stereocenters. The summed E-state index contributed by atoms with van der Waals surface area (Å²) in [6.45, 7) is 1.81. The van der Waals surface area contributed by atoms with Crippen molar-refractivity contribution < 1.29 is 0 Å². The smallest absolute Gasteiger partial charge is 0.0432 e. The van der Waals surface area contributed by atoms with Crippen molar-refractivity contribution in [2.24, 2.45) is 0 Å². The van der Waals surface area contributed by atoms with Gasteiger partial charge in [0.05, 0.1) is 0 Å². The van der Waals surface area contributed by atoms with Crippen LogP contribution in [0.25, 0.3) is 0 Å². The standard InChI is InChI=1S/C23H14N2/c1-2-5-21-14-22(10-8-19-6-3-12-24-17-19)16-23(15-21)11-9-20-7-4-13-25-18-20/h3-4,6-7,12-18H,1H3. The minimum Gasteiger partial charge on any atom is -0.263 e. The molecule has 3 aromatic rings. The molecule has 0 N–H and O–H groups in total. The molecule has 0 atom stereocenters. The largest absolute Gasteiger partial charge is 0.263 e. The van der Waals surface area contributed by atoms with Gasteiger partial charge in [-0.3, -0.25) is 9.97 Å². The van der Waals surface area contributed by atoms with Gasteiger partial charge in [-0.2, -0.15) is 0 Å². The van der Waals surface area contributed by atoms with Gasteiger partial charge in [0.15, 0.2) is 0 Å². The molecule has 2 aromatic heterocycles. The quantitative estimate of drug-likeness (QED) is 0.591. The van der Waals surface area contributed by atoms with Crippen molar-refractivity contribution in [3.8, 4) is 35.5 Å².